The molecule has 0 amide bonds. The highest BCUT2D eigenvalue weighted by atomic mass is 127. The average Bonchev–Trinajstić information content (AvgIpc) is 2.29. The number of rotatable bonds is 2. The molecular formula is C11H11IO3. The number of halogens is 1. The minimum Gasteiger partial charge on any atom is -0.430 e. The number of hydrogen-bond donors (Lipinski definition) is 0. The molecule has 1 aliphatic rings. The third-order valence-corrected chi connectivity index (χ3v) is 3.30. The van der Waals surface area contributed by atoms with Gasteiger partial charge in [-0.05, 0) is 5.56 Å². The van der Waals surface area contributed by atoms with Crippen molar-refractivity contribution in [3.05, 3.63) is 35.9 Å². The van der Waals surface area contributed by atoms with Gasteiger partial charge in [-0.25, -0.2) is 4.79 Å². The summed E-state index contributed by atoms with van der Waals surface area (Å²) in [5, 5.41) is 0. The van der Waals surface area contributed by atoms with Crippen LogP contribution in [0.2, 0.25) is 0 Å². The molecule has 0 N–H and O–H groups in total. The third kappa shape index (κ3) is 2.62. The van der Waals surface area contributed by atoms with Crippen LogP contribution in [0, 0.1) is 0 Å². The molecule has 0 aliphatic carbocycles. The Kier molecular flexibility index (Phi) is 3.45. The van der Waals surface area contributed by atoms with Crippen LogP contribution in [0.15, 0.2) is 30.3 Å². The third-order valence-electron chi connectivity index (χ3n) is 2.32. The SMILES string of the molecule is O=C1OC(CI)CC(c2ccccc2)O1. The van der Waals surface area contributed by atoms with Crippen molar-refractivity contribution in [3.63, 3.8) is 0 Å². The van der Waals surface area contributed by atoms with Crippen LogP contribution in [0.1, 0.15) is 18.1 Å². The van der Waals surface area contributed by atoms with Gasteiger partial charge in [0.25, 0.3) is 0 Å². The Labute approximate surface area is 102 Å². The zero-order chi connectivity index (χ0) is 10.7. The first kappa shape index (κ1) is 10.7. The van der Waals surface area contributed by atoms with Gasteiger partial charge in [0.05, 0.1) is 0 Å². The fraction of sp³-hybridized carbons (Fsp3) is 0.364. The van der Waals surface area contributed by atoms with Gasteiger partial charge >= 0.3 is 6.16 Å². The van der Waals surface area contributed by atoms with Crippen LogP contribution in [0.25, 0.3) is 0 Å². The van der Waals surface area contributed by atoms with E-state index in [0.717, 1.165) is 16.4 Å². The molecule has 15 heavy (non-hydrogen) atoms. The quantitative estimate of drug-likeness (QED) is 0.477. The number of carbonyl (C=O) groups excluding carboxylic acids is 1. The summed E-state index contributed by atoms with van der Waals surface area (Å²) in [6.45, 7) is 0. The first-order valence-corrected chi connectivity index (χ1v) is 6.30. The maximum absolute atomic E-state index is 11.2. The first-order chi connectivity index (χ1) is 7.29. The smallest absolute Gasteiger partial charge is 0.430 e. The fourth-order valence-corrected chi connectivity index (χ4v) is 2.12. The van der Waals surface area contributed by atoms with E-state index in [9.17, 15) is 4.79 Å². The number of alkyl halides is 1. The Bertz CT molecular complexity index is 339. The molecule has 1 aliphatic heterocycles. The van der Waals surface area contributed by atoms with Gasteiger partial charge in [0.2, 0.25) is 0 Å². The number of hydrogen-bond acceptors (Lipinski definition) is 3. The summed E-state index contributed by atoms with van der Waals surface area (Å²) in [4.78, 5) is 11.2. The Morgan fingerprint density at radius 3 is 2.67 bits per heavy atom. The lowest BCUT2D eigenvalue weighted by atomic mass is 10.0. The molecule has 0 bridgehead atoms. The van der Waals surface area contributed by atoms with E-state index in [0.29, 0.717) is 0 Å². The van der Waals surface area contributed by atoms with Gasteiger partial charge in [0.15, 0.2) is 0 Å². The van der Waals surface area contributed by atoms with E-state index in [-0.39, 0.29) is 12.2 Å². The highest BCUT2D eigenvalue weighted by molar-refractivity contribution is 14.1. The molecule has 3 nitrogen and oxygen atoms in total. The summed E-state index contributed by atoms with van der Waals surface area (Å²) >= 11 is 2.21. The minimum atomic E-state index is -0.559. The van der Waals surface area contributed by atoms with E-state index < -0.39 is 6.16 Å². The van der Waals surface area contributed by atoms with Crippen molar-refractivity contribution in [1.82, 2.24) is 0 Å². The molecule has 1 fully saturated rings. The van der Waals surface area contributed by atoms with Crippen molar-refractivity contribution < 1.29 is 14.3 Å². The predicted molar refractivity (Wildman–Crippen MR) is 64.0 cm³/mol. The molecule has 1 saturated heterocycles. The lowest BCUT2D eigenvalue weighted by Crippen LogP contribution is -2.30. The molecule has 0 aromatic heterocycles. The van der Waals surface area contributed by atoms with E-state index >= 15 is 0 Å². The van der Waals surface area contributed by atoms with E-state index in [1.54, 1.807) is 0 Å². The first-order valence-electron chi connectivity index (χ1n) is 4.78. The zero-order valence-corrected chi connectivity index (χ0v) is 10.2. The maximum atomic E-state index is 11.2. The van der Waals surface area contributed by atoms with Crippen molar-refractivity contribution in [2.75, 3.05) is 4.43 Å². The highest BCUT2D eigenvalue weighted by Gasteiger charge is 2.29. The van der Waals surface area contributed by atoms with Crippen LogP contribution in [0.4, 0.5) is 4.79 Å². The summed E-state index contributed by atoms with van der Waals surface area (Å²) in [7, 11) is 0. The Balaban J connectivity index is 2.12. The number of carbonyl (C=O) groups is 1. The van der Waals surface area contributed by atoms with Crippen LogP contribution in [0.5, 0.6) is 0 Å². The average molecular weight is 318 g/mol. The predicted octanol–water partition coefficient (Wildman–Crippen LogP) is 3.09. The summed E-state index contributed by atoms with van der Waals surface area (Å²) in [6.07, 6.45) is -0.0142. The van der Waals surface area contributed by atoms with Crippen LogP contribution in [-0.4, -0.2) is 16.7 Å². The van der Waals surface area contributed by atoms with Crippen molar-refractivity contribution >= 4 is 28.7 Å². The van der Waals surface area contributed by atoms with Gasteiger partial charge in [-0.1, -0.05) is 52.9 Å². The Morgan fingerprint density at radius 1 is 1.27 bits per heavy atom. The van der Waals surface area contributed by atoms with Crippen LogP contribution in [0.3, 0.4) is 0 Å². The summed E-state index contributed by atoms with van der Waals surface area (Å²) < 4.78 is 11.0. The van der Waals surface area contributed by atoms with Gasteiger partial charge in [0, 0.05) is 10.8 Å². The second kappa shape index (κ2) is 4.83. The van der Waals surface area contributed by atoms with Crippen LogP contribution >= 0.6 is 22.6 Å². The summed E-state index contributed by atoms with van der Waals surface area (Å²) in [5.41, 5.74) is 1.03. The second-order valence-corrected chi connectivity index (χ2v) is 4.28. The molecule has 1 aromatic rings. The molecule has 2 unspecified atom stereocenters. The number of cyclic esters (lactones) is 2. The highest BCUT2D eigenvalue weighted by Crippen LogP contribution is 2.29. The van der Waals surface area contributed by atoms with Gasteiger partial charge < -0.3 is 9.47 Å². The normalized spacial score (nSPS) is 25.5. The molecule has 0 saturated carbocycles. The molecule has 2 rings (SSSR count). The molecule has 1 heterocycles. The van der Waals surface area contributed by atoms with E-state index in [1.165, 1.54) is 0 Å². The fourth-order valence-electron chi connectivity index (χ4n) is 1.58. The number of benzene rings is 1. The monoisotopic (exact) mass is 318 g/mol. The molecule has 80 valence electrons. The second-order valence-electron chi connectivity index (χ2n) is 3.40. The van der Waals surface area contributed by atoms with Gasteiger partial charge in [-0.2, -0.15) is 0 Å². The molecule has 0 spiro atoms. The molecular weight excluding hydrogens is 307 g/mol. The van der Waals surface area contributed by atoms with Crippen molar-refractivity contribution in [3.8, 4) is 0 Å². The minimum absolute atomic E-state index is 0.0305. The largest absolute Gasteiger partial charge is 0.509 e. The molecule has 1 aromatic carbocycles. The van der Waals surface area contributed by atoms with Gasteiger partial charge in [-0.3, -0.25) is 0 Å². The maximum Gasteiger partial charge on any atom is 0.509 e. The van der Waals surface area contributed by atoms with E-state index in [2.05, 4.69) is 22.6 Å². The lowest BCUT2D eigenvalue weighted by Gasteiger charge is -2.28. The van der Waals surface area contributed by atoms with Crippen LogP contribution < -0.4 is 0 Å². The number of ether oxygens (including phenoxy) is 2. The Hall–Kier alpha value is -0.780. The molecule has 0 radical (unpaired) electrons. The molecule has 2 atom stereocenters. The Morgan fingerprint density at radius 2 is 2.00 bits per heavy atom. The van der Waals surface area contributed by atoms with E-state index in [4.69, 9.17) is 9.47 Å². The van der Waals surface area contributed by atoms with Gasteiger partial charge in [0.1, 0.15) is 12.2 Å². The zero-order valence-electron chi connectivity index (χ0n) is 8.06. The van der Waals surface area contributed by atoms with Crippen molar-refractivity contribution in [1.29, 1.82) is 0 Å². The van der Waals surface area contributed by atoms with E-state index in [1.807, 2.05) is 30.3 Å². The van der Waals surface area contributed by atoms with Crippen LogP contribution in [-0.2, 0) is 9.47 Å². The molecule has 4 heteroatoms. The summed E-state index contributed by atoms with van der Waals surface area (Å²) in [6, 6.07) is 9.76. The van der Waals surface area contributed by atoms with Crippen molar-refractivity contribution in [2.24, 2.45) is 0 Å². The standard InChI is InChI=1S/C11H11IO3/c12-7-9-6-10(15-11(13)14-9)8-4-2-1-3-5-8/h1-5,9-10H,6-7H2. The van der Waals surface area contributed by atoms with Gasteiger partial charge in [-0.15, -0.1) is 0 Å². The van der Waals surface area contributed by atoms with Crippen molar-refractivity contribution in [2.45, 2.75) is 18.6 Å². The lowest BCUT2D eigenvalue weighted by molar-refractivity contribution is -0.0527. The summed E-state index contributed by atoms with van der Waals surface area (Å²) in [5.74, 6) is 0. The topological polar surface area (TPSA) is 35.5 Å².